The van der Waals surface area contributed by atoms with Crippen LogP contribution in [0.2, 0.25) is 10.0 Å². The molecule has 3 aromatic rings. The molecule has 1 N–H and O–H groups in total. The molecule has 4 rings (SSSR count). The topological polar surface area (TPSA) is 84.9 Å². The molecule has 0 aromatic heterocycles. The average molecular weight is 521 g/mol. The molecule has 0 aliphatic carbocycles. The standard InChI is InChI=1S/C24H22Cl2N2O5S/c1-16(17-7-8-22-23(11-17)33-10-9-32-22)27-24(29)15-28(20-13-18(25)12-19(26)14-20)34(30,31)21-5-3-2-4-6-21/h2-8,11-14,16H,9-10,15H2,1H3,(H,27,29). The zero-order valence-corrected chi connectivity index (χ0v) is 20.5. The van der Waals surface area contributed by atoms with E-state index < -0.39 is 28.5 Å². The molecule has 1 atom stereocenters. The maximum Gasteiger partial charge on any atom is 0.264 e. The largest absolute Gasteiger partial charge is 0.486 e. The summed E-state index contributed by atoms with van der Waals surface area (Å²) in [6.07, 6.45) is 0. The van der Waals surface area contributed by atoms with Gasteiger partial charge in [-0.15, -0.1) is 0 Å². The number of amides is 1. The first-order valence-corrected chi connectivity index (χ1v) is 12.7. The van der Waals surface area contributed by atoms with Crippen LogP contribution in [0.4, 0.5) is 5.69 Å². The van der Waals surface area contributed by atoms with Crippen LogP contribution in [0.15, 0.2) is 71.6 Å². The van der Waals surface area contributed by atoms with Gasteiger partial charge in [0.2, 0.25) is 5.91 Å². The van der Waals surface area contributed by atoms with Crippen molar-refractivity contribution in [2.24, 2.45) is 0 Å². The zero-order valence-electron chi connectivity index (χ0n) is 18.2. The van der Waals surface area contributed by atoms with Crippen molar-refractivity contribution in [3.05, 3.63) is 82.3 Å². The monoisotopic (exact) mass is 520 g/mol. The van der Waals surface area contributed by atoms with Gasteiger partial charge in [0.05, 0.1) is 16.6 Å². The molecule has 1 heterocycles. The van der Waals surface area contributed by atoms with Gasteiger partial charge in [-0.1, -0.05) is 47.5 Å². The molecule has 1 aliphatic rings. The molecule has 34 heavy (non-hydrogen) atoms. The molecular weight excluding hydrogens is 499 g/mol. The van der Waals surface area contributed by atoms with Gasteiger partial charge >= 0.3 is 0 Å². The molecule has 0 fully saturated rings. The van der Waals surface area contributed by atoms with Gasteiger partial charge in [0.15, 0.2) is 11.5 Å². The van der Waals surface area contributed by atoms with Crippen LogP contribution in [-0.2, 0) is 14.8 Å². The Morgan fingerprint density at radius 3 is 2.29 bits per heavy atom. The molecule has 0 saturated carbocycles. The van der Waals surface area contributed by atoms with Crippen molar-refractivity contribution in [1.82, 2.24) is 5.32 Å². The predicted molar refractivity (Wildman–Crippen MR) is 131 cm³/mol. The van der Waals surface area contributed by atoms with Gasteiger partial charge in [-0.25, -0.2) is 8.42 Å². The number of ether oxygens (including phenoxy) is 2. The minimum absolute atomic E-state index is 0.0405. The summed E-state index contributed by atoms with van der Waals surface area (Å²) in [7, 11) is -4.08. The third-order valence-corrected chi connectivity index (χ3v) is 7.42. The molecule has 10 heteroatoms. The molecule has 0 bridgehead atoms. The molecule has 1 aliphatic heterocycles. The first-order valence-electron chi connectivity index (χ1n) is 10.5. The Bertz CT molecular complexity index is 1280. The van der Waals surface area contributed by atoms with E-state index in [1.165, 1.54) is 30.3 Å². The van der Waals surface area contributed by atoms with Crippen LogP contribution >= 0.6 is 23.2 Å². The minimum Gasteiger partial charge on any atom is -0.486 e. The van der Waals surface area contributed by atoms with E-state index >= 15 is 0 Å². The smallest absolute Gasteiger partial charge is 0.264 e. The lowest BCUT2D eigenvalue weighted by Gasteiger charge is -2.26. The second-order valence-electron chi connectivity index (χ2n) is 7.64. The summed E-state index contributed by atoms with van der Waals surface area (Å²) in [4.78, 5) is 13.0. The lowest BCUT2D eigenvalue weighted by molar-refractivity contribution is -0.120. The van der Waals surface area contributed by atoms with Gasteiger partial charge in [0.25, 0.3) is 10.0 Å². The normalized spacial score (nSPS) is 13.7. The third kappa shape index (κ3) is 5.41. The number of sulfonamides is 1. The Hall–Kier alpha value is -2.94. The molecule has 0 saturated heterocycles. The van der Waals surface area contributed by atoms with Crippen LogP contribution in [0.25, 0.3) is 0 Å². The van der Waals surface area contributed by atoms with Crippen molar-refractivity contribution in [1.29, 1.82) is 0 Å². The van der Waals surface area contributed by atoms with Crippen molar-refractivity contribution in [2.45, 2.75) is 17.9 Å². The first kappa shape index (κ1) is 24.2. The number of hydrogen-bond acceptors (Lipinski definition) is 5. The van der Waals surface area contributed by atoms with E-state index in [9.17, 15) is 13.2 Å². The Morgan fingerprint density at radius 2 is 1.62 bits per heavy atom. The average Bonchev–Trinajstić information content (AvgIpc) is 2.82. The molecule has 1 unspecified atom stereocenters. The maximum absolute atomic E-state index is 13.4. The van der Waals surface area contributed by atoms with E-state index in [0.717, 1.165) is 9.87 Å². The second kappa shape index (κ2) is 10.1. The van der Waals surface area contributed by atoms with Crippen LogP contribution < -0.4 is 19.1 Å². The van der Waals surface area contributed by atoms with Crippen LogP contribution in [0, 0.1) is 0 Å². The minimum atomic E-state index is -4.08. The van der Waals surface area contributed by atoms with Crippen LogP contribution in [0.1, 0.15) is 18.5 Å². The fraction of sp³-hybridized carbons (Fsp3) is 0.208. The fourth-order valence-corrected chi connectivity index (χ4v) is 5.49. The highest BCUT2D eigenvalue weighted by atomic mass is 35.5. The van der Waals surface area contributed by atoms with Crippen LogP contribution in [-0.4, -0.2) is 34.1 Å². The number of halogens is 2. The number of nitrogens with zero attached hydrogens (tertiary/aromatic N) is 1. The summed E-state index contributed by atoms with van der Waals surface area (Å²) in [5.41, 5.74) is 0.976. The van der Waals surface area contributed by atoms with Gasteiger partial charge in [-0.2, -0.15) is 0 Å². The Labute approximate surface area is 208 Å². The van der Waals surface area contributed by atoms with Crippen molar-refractivity contribution < 1.29 is 22.7 Å². The summed E-state index contributed by atoms with van der Waals surface area (Å²) < 4.78 is 39.0. The number of fused-ring (bicyclic) bond motifs is 1. The number of benzene rings is 3. The summed E-state index contributed by atoms with van der Waals surface area (Å²) in [6, 6.07) is 17.2. The Kier molecular flexibility index (Phi) is 7.21. The van der Waals surface area contributed by atoms with Gasteiger partial charge in [0.1, 0.15) is 19.8 Å². The quantitative estimate of drug-likeness (QED) is 0.481. The fourth-order valence-electron chi connectivity index (χ4n) is 3.55. The number of hydrogen-bond donors (Lipinski definition) is 1. The van der Waals surface area contributed by atoms with Gasteiger partial charge in [0, 0.05) is 10.0 Å². The zero-order chi connectivity index (χ0) is 24.3. The van der Waals surface area contributed by atoms with Crippen molar-refractivity contribution in [3.8, 4) is 11.5 Å². The SMILES string of the molecule is CC(NC(=O)CN(c1cc(Cl)cc(Cl)c1)S(=O)(=O)c1ccccc1)c1ccc2c(c1)OCCO2. The molecule has 0 radical (unpaired) electrons. The Balaban J connectivity index is 1.59. The van der Waals surface area contributed by atoms with Gasteiger partial charge < -0.3 is 14.8 Å². The van der Waals surface area contributed by atoms with E-state index in [0.29, 0.717) is 24.7 Å². The summed E-state index contributed by atoms with van der Waals surface area (Å²) >= 11 is 12.2. The van der Waals surface area contributed by atoms with Gasteiger partial charge in [-0.05, 0) is 55.0 Å². The number of anilines is 1. The summed E-state index contributed by atoms with van der Waals surface area (Å²) in [5.74, 6) is 0.746. The van der Waals surface area contributed by atoms with Crippen molar-refractivity contribution >= 4 is 44.8 Å². The molecule has 1 amide bonds. The van der Waals surface area contributed by atoms with Crippen molar-refractivity contribution in [3.63, 3.8) is 0 Å². The van der Waals surface area contributed by atoms with E-state index in [1.54, 1.807) is 37.3 Å². The highest BCUT2D eigenvalue weighted by molar-refractivity contribution is 7.92. The summed E-state index contributed by atoms with van der Waals surface area (Å²) in [6.45, 7) is 2.27. The summed E-state index contributed by atoms with van der Waals surface area (Å²) in [5, 5.41) is 3.35. The highest BCUT2D eigenvalue weighted by Gasteiger charge is 2.28. The number of rotatable bonds is 7. The predicted octanol–water partition coefficient (Wildman–Crippen LogP) is 4.84. The maximum atomic E-state index is 13.4. The molecule has 178 valence electrons. The first-order chi connectivity index (χ1) is 16.2. The van der Waals surface area contributed by atoms with E-state index in [2.05, 4.69) is 5.32 Å². The van der Waals surface area contributed by atoms with Crippen molar-refractivity contribution in [2.75, 3.05) is 24.1 Å². The third-order valence-electron chi connectivity index (χ3n) is 5.20. The van der Waals surface area contributed by atoms with Gasteiger partial charge in [-0.3, -0.25) is 9.10 Å². The Morgan fingerprint density at radius 1 is 0.971 bits per heavy atom. The van der Waals surface area contributed by atoms with Crippen LogP contribution in [0.5, 0.6) is 11.5 Å². The number of nitrogens with one attached hydrogen (secondary N) is 1. The van der Waals surface area contributed by atoms with E-state index in [4.69, 9.17) is 32.7 Å². The number of carbonyl (C=O) groups excluding carboxylic acids is 1. The number of carbonyl (C=O) groups is 1. The second-order valence-corrected chi connectivity index (χ2v) is 10.4. The lowest BCUT2D eigenvalue weighted by atomic mass is 10.1. The lowest BCUT2D eigenvalue weighted by Crippen LogP contribution is -2.41. The van der Waals surface area contributed by atoms with E-state index in [1.807, 2.05) is 6.07 Å². The van der Waals surface area contributed by atoms with E-state index in [-0.39, 0.29) is 20.6 Å². The van der Waals surface area contributed by atoms with Crippen LogP contribution in [0.3, 0.4) is 0 Å². The molecule has 3 aromatic carbocycles. The molecule has 0 spiro atoms. The molecular formula is C24H22Cl2N2O5S. The molecule has 7 nitrogen and oxygen atoms in total. The highest BCUT2D eigenvalue weighted by Crippen LogP contribution is 2.33.